The first-order valence-electron chi connectivity index (χ1n) is 10.4. The summed E-state index contributed by atoms with van der Waals surface area (Å²) in [4.78, 5) is 1.44. The largest absolute Gasteiger partial charge is 0.381 e. The average molecular weight is 386 g/mol. The Balaban J connectivity index is 1.45. The Hall–Kier alpha value is -2.19. The maximum atomic E-state index is 3.96. The molecule has 0 saturated heterocycles. The van der Waals surface area contributed by atoms with Crippen LogP contribution in [0.4, 0.5) is 0 Å². The van der Waals surface area contributed by atoms with Crippen molar-refractivity contribution in [3.05, 3.63) is 101 Å². The van der Waals surface area contributed by atoms with Crippen LogP contribution >= 0.6 is 11.8 Å². The third-order valence-electron chi connectivity index (χ3n) is 6.35. The molecule has 0 aromatic heterocycles. The minimum atomic E-state index is 0.460. The predicted octanol–water partition coefficient (Wildman–Crippen LogP) is 6.43. The number of nitrogens with one attached hydrogen (secondary N) is 1. The summed E-state index contributed by atoms with van der Waals surface area (Å²) in [6.45, 7) is 4.68. The van der Waals surface area contributed by atoms with Gasteiger partial charge in [0.05, 0.1) is 0 Å². The lowest BCUT2D eigenvalue weighted by Gasteiger charge is -2.38. The minimum Gasteiger partial charge on any atom is -0.381 e. The molecule has 0 amide bonds. The van der Waals surface area contributed by atoms with E-state index in [9.17, 15) is 0 Å². The monoisotopic (exact) mass is 385 g/mol. The number of thioether (sulfide) groups is 1. The lowest BCUT2D eigenvalue weighted by atomic mass is 9.78. The van der Waals surface area contributed by atoms with Crippen molar-refractivity contribution in [3.8, 4) is 0 Å². The molecule has 1 nitrogen and oxygen atoms in total. The molecule has 28 heavy (non-hydrogen) atoms. The van der Waals surface area contributed by atoms with Crippen molar-refractivity contribution in [1.29, 1.82) is 0 Å². The predicted molar refractivity (Wildman–Crippen MR) is 120 cm³/mol. The van der Waals surface area contributed by atoms with Crippen LogP contribution in [-0.4, -0.2) is 11.3 Å². The van der Waals surface area contributed by atoms with Crippen molar-refractivity contribution < 1.29 is 0 Å². The summed E-state index contributed by atoms with van der Waals surface area (Å²) in [7, 11) is 0. The SMILES string of the molecule is CC(C)C1NC(C2=CC=CC3c4ccccc4SC23)=CCC1c1ccccc1. The molecule has 2 heteroatoms. The van der Waals surface area contributed by atoms with E-state index in [2.05, 4.69) is 98.1 Å². The van der Waals surface area contributed by atoms with E-state index >= 15 is 0 Å². The van der Waals surface area contributed by atoms with Gasteiger partial charge in [0.25, 0.3) is 0 Å². The molecule has 2 aromatic carbocycles. The van der Waals surface area contributed by atoms with E-state index in [4.69, 9.17) is 0 Å². The smallest absolute Gasteiger partial charge is 0.0468 e. The molecule has 1 aliphatic carbocycles. The van der Waals surface area contributed by atoms with Gasteiger partial charge >= 0.3 is 0 Å². The summed E-state index contributed by atoms with van der Waals surface area (Å²) in [5.41, 5.74) is 5.75. The zero-order chi connectivity index (χ0) is 19.1. The minimum absolute atomic E-state index is 0.460. The molecule has 4 unspecified atom stereocenters. The van der Waals surface area contributed by atoms with E-state index in [1.165, 1.54) is 27.3 Å². The van der Waals surface area contributed by atoms with Gasteiger partial charge in [-0.1, -0.05) is 86.7 Å². The van der Waals surface area contributed by atoms with Gasteiger partial charge in [0.1, 0.15) is 0 Å². The van der Waals surface area contributed by atoms with Gasteiger partial charge in [0, 0.05) is 33.7 Å². The molecule has 1 N–H and O–H groups in total. The van der Waals surface area contributed by atoms with Crippen molar-refractivity contribution in [2.24, 2.45) is 5.92 Å². The Morgan fingerprint density at radius 2 is 1.79 bits per heavy atom. The molecular weight excluding hydrogens is 358 g/mol. The Morgan fingerprint density at radius 3 is 2.61 bits per heavy atom. The summed E-state index contributed by atoms with van der Waals surface area (Å²) >= 11 is 2.03. The number of rotatable bonds is 3. The highest BCUT2D eigenvalue weighted by atomic mass is 32.2. The maximum Gasteiger partial charge on any atom is 0.0468 e. The molecule has 2 aliphatic heterocycles. The molecule has 0 fully saturated rings. The van der Waals surface area contributed by atoms with Crippen LogP contribution in [0.3, 0.4) is 0 Å². The van der Waals surface area contributed by atoms with Gasteiger partial charge in [-0.25, -0.2) is 0 Å². The first kappa shape index (κ1) is 17.9. The van der Waals surface area contributed by atoms with E-state index in [-0.39, 0.29) is 0 Å². The van der Waals surface area contributed by atoms with Crippen LogP contribution in [-0.2, 0) is 0 Å². The number of benzene rings is 2. The Morgan fingerprint density at radius 1 is 1.00 bits per heavy atom. The first-order valence-corrected chi connectivity index (χ1v) is 11.3. The zero-order valence-electron chi connectivity index (χ0n) is 16.5. The van der Waals surface area contributed by atoms with Gasteiger partial charge in [0.15, 0.2) is 0 Å². The molecule has 0 saturated carbocycles. The topological polar surface area (TPSA) is 12.0 Å². The fourth-order valence-corrected chi connectivity index (χ4v) is 6.41. The van der Waals surface area contributed by atoms with Crippen LogP contribution in [0.15, 0.2) is 95.1 Å². The highest BCUT2D eigenvalue weighted by Gasteiger charge is 2.38. The third-order valence-corrected chi connectivity index (χ3v) is 7.77. The second-order valence-electron chi connectivity index (χ2n) is 8.39. The highest BCUT2D eigenvalue weighted by Crippen LogP contribution is 2.52. The van der Waals surface area contributed by atoms with Gasteiger partial charge in [-0.3, -0.25) is 0 Å². The summed E-state index contributed by atoms with van der Waals surface area (Å²) < 4.78 is 0. The molecular formula is C26H27NS. The molecule has 4 atom stereocenters. The molecule has 0 bridgehead atoms. The van der Waals surface area contributed by atoms with Crippen molar-refractivity contribution >= 4 is 11.8 Å². The van der Waals surface area contributed by atoms with E-state index < -0.39 is 0 Å². The second-order valence-corrected chi connectivity index (χ2v) is 9.58. The number of allylic oxidation sites excluding steroid dienone is 5. The molecule has 5 rings (SSSR count). The Labute approximate surface area is 172 Å². The molecule has 0 radical (unpaired) electrons. The Kier molecular flexibility index (Phi) is 4.68. The van der Waals surface area contributed by atoms with Gasteiger partial charge in [0.2, 0.25) is 0 Å². The van der Waals surface area contributed by atoms with Crippen LogP contribution in [0.5, 0.6) is 0 Å². The van der Waals surface area contributed by atoms with Gasteiger partial charge in [-0.2, -0.15) is 0 Å². The lowest BCUT2D eigenvalue weighted by Crippen LogP contribution is -2.42. The summed E-state index contributed by atoms with van der Waals surface area (Å²) in [5, 5.41) is 4.44. The second kappa shape index (κ2) is 7.33. The summed E-state index contributed by atoms with van der Waals surface area (Å²) in [6.07, 6.45) is 10.5. The standard InChI is InChI=1S/C26H27NS/c1-17(2)25-19(18-9-4-3-5-10-18)15-16-23(27-25)22-13-8-12-21-20-11-6-7-14-24(20)28-26(21)22/h3-14,16-17,19,21,25-27H,15H2,1-2H3. The van der Waals surface area contributed by atoms with Crippen molar-refractivity contribution in [1.82, 2.24) is 5.32 Å². The number of hydrogen-bond acceptors (Lipinski definition) is 2. The van der Waals surface area contributed by atoms with Gasteiger partial charge < -0.3 is 5.32 Å². The van der Waals surface area contributed by atoms with Crippen LogP contribution in [0.25, 0.3) is 0 Å². The van der Waals surface area contributed by atoms with E-state index in [1.807, 2.05) is 11.8 Å². The van der Waals surface area contributed by atoms with E-state index in [1.54, 1.807) is 0 Å². The molecule has 2 heterocycles. The van der Waals surface area contributed by atoms with Gasteiger partial charge in [-0.15, -0.1) is 11.8 Å². The normalized spacial score (nSPS) is 28.2. The van der Waals surface area contributed by atoms with Crippen LogP contribution in [0.2, 0.25) is 0 Å². The summed E-state index contributed by atoms with van der Waals surface area (Å²) in [5.74, 6) is 1.61. The van der Waals surface area contributed by atoms with Crippen LogP contribution < -0.4 is 5.32 Å². The molecule has 142 valence electrons. The van der Waals surface area contributed by atoms with Crippen LogP contribution in [0, 0.1) is 5.92 Å². The fraction of sp³-hybridized carbons (Fsp3) is 0.308. The van der Waals surface area contributed by atoms with E-state index in [0.717, 1.165) is 6.42 Å². The zero-order valence-corrected chi connectivity index (χ0v) is 17.3. The van der Waals surface area contributed by atoms with Crippen LogP contribution in [0.1, 0.15) is 43.2 Å². The quantitative estimate of drug-likeness (QED) is 0.654. The lowest BCUT2D eigenvalue weighted by molar-refractivity contribution is 0.351. The van der Waals surface area contributed by atoms with Crippen molar-refractivity contribution in [3.63, 3.8) is 0 Å². The molecule has 3 aliphatic rings. The average Bonchev–Trinajstić information content (AvgIpc) is 3.13. The third kappa shape index (κ3) is 3.04. The van der Waals surface area contributed by atoms with E-state index in [0.29, 0.717) is 29.0 Å². The van der Waals surface area contributed by atoms with Gasteiger partial charge in [-0.05, 0) is 35.1 Å². The number of hydrogen-bond donors (Lipinski definition) is 1. The molecule has 2 aromatic rings. The maximum absolute atomic E-state index is 3.96. The van der Waals surface area contributed by atoms with Crippen molar-refractivity contribution in [2.75, 3.05) is 0 Å². The first-order chi connectivity index (χ1) is 13.7. The highest BCUT2D eigenvalue weighted by molar-refractivity contribution is 8.00. The summed E-state index contributed by atoms with van der Waals surface area (Å²) in [6, 6.07) is 20.4. The fourth-order valence-electron chi connectivity index (χ4n) is 4.92. The Bertz CT molecular complexity index is 953. The number of fused-ring (bicyclic) bond motifs is 3. The van der Waals surface area contributed by atoms with Crippen molar-refractivity contribution in [2.45, 2.75) is 48.3 Å². The molecule has 0 spiro atoms.